The molecule has 0 unspecified atom stereocenters. The van der Waals surface area contributed by atoms with Gasteiger partial charge in [-0.15, -0.1) is 0 Å². The predicted molar refractivity (Wildman–Crippen MR) is 71.4 cm³/mol. The standard InChI is InChI=1S/C14H18O4S/c1-9-5-7-10(8-6-9)19(16,17)12-11(13(15)18-4)14(12,2)3/h5-8,11-12H,1-4H3/t11-,12+/m1/s1. The van der Waals surface area contributed by atoms with E-state index in [0.29, 0.717) is 0 Å². The molecule has 0 N–H and O–H groups in total. The number of carbonyl (C=O) groups is 1. The largest absolute Gasteiger partial charge is 0.469 e. The van der Waals surface area contributed by atoms with Crippen LogP contribution in [0.25, 0.3) is 0 Å². The lowest BCUT2D eigenvalue weighted by molar-refractivity contribution is -0.142. The molecule has 0 bridgehead atoms. The van der Waals surface area contributed by atoms with E-state index in [-0.39, 0.29) is 4.90 Å². The van der Waals surface area contributed by atoms with Gasteiger partial charge in [0.2, 0.25) is 0 Å². The zero-order valence-electron chi connectivity index (χ0n) is 11.5. The monoisotopic (exact) mass is 282 g/mol. The zero-order valence-corrected chi connectivity index (χ0v) is 12.3. The minimum absolute atomic E-state index is 0.266. The lowest BCUT2D eigenvalue weighted by atomic mass is 10.1. The number of aryl methyl sites for hydroxylation is 1. The number of esters is 1. The quantitative estimate of drug-likeness (QED) is 0.795. The van der Waals surface area contributed by atoms with Crippen LogP contribution < -0.4 is 0 Å². The topological polar surface area (TPSA) is 60.4 Å². The van der Waals surface area contributed by atoms with Gasteiger partial charge in [0.05, 0.1) is 23.2 Å². The molecular weight excluding hydrogens is 264 g/mol. The number of carbonyl (C=O) groups excluding carboxylic acids is 1. The molecular formula is C14H18O4S. The Balaban J connectivity index is 2.37. The molecule has 0 aromatic heterocycles. The molecule has 0 amide bonds. The maximum Gasteiger partial charge on any atom is 0.310 e. The average Bonchev–Trinajstić information content (AvgIpc) is 2.93. The molecule has 1 aliphatic carbocycles. The molecule has 1 aliphatic rings. The van der Waals surface area contributed by atoms with Crippen LogP contribution in [0, 0.1) is 18.3 Å². The minimum Gasteiger partial charge on any atom is -0.469 e. The molecule has 5 heteroatoms. The SMILES string of the molecule is COC(=O)[C@H]1[C@H](S(=O)(=O)c2ccc(C)cc2)C1(C)C. The Kier molecular flexibility index (Phi) is 3.21. The lowest BCUT2D eigenvalue weighted by Gasteiger charge is -2.05. The van der Waals surface area contributed by atoms with Crippen LogP contribution in [0.1, 0.15) is 19.4 Å². The third kappa shape index (κ3) is 2.16. The maximum atomic E-state index is 12.5. The Labute approximate surface area is 113 Å². The van der Waals surface area contributed by atoms with Gasteiger partial charge in [-0.3, -0.25) is 4.79 Å². The molecule has 0 radical (unpaired) electrons. The molecule has 104 valence electrons. The van der Waals surface area contributed by atoms with E-state index in [1.165, 1.54) is 7.11 Å². The fourth-order valence-corrected chi connectivity index (χ4v) is 5.10. The number of sulfone groups is 1. The molecule has 1 saturated carbocycles. The van der Waals surface area contributed by atoms with Crippen LogP contribution >= 0.6 is 0 Å². The molecule has 1 aromatic carbocycles. The summed E-state index contributed by atoms with van der Waals surface area (Å²) in [6, 6.07) is 6.70. The van der Waals surface area contributed by atoms with Gasteiger partial charge < -0.3 is 4.74 Å². The van der Waals surface area contributed by atoms with Crippen LogP contribution in [0.2, 0.25) is 0 Å². The van der Waals surface area contributed by atoms with Crippen LogP contribution in [0.5, 0.6) is 0 Å². The highest BCUT2D eigenvalue weighted by atomic mass is 32.2. The summed E-state index contributed by atoms with van der Waals surface area (Å²) in [4.78, 5) is 11.9. The van der Waals surface area contributed by atoms with Gasteiger partial charge >= 0.3 is 5.97 Å². The van der Waals surface area contributed by atoms with E-state index in [0.717, 1.165) is 5.56 Å². The highest BCUT2D eigenvalue weighted by Gasteiger charge is 2.69. The van der Waals surface area contributed by atoms with Gasteiger partial charge in [0.15, 0.2) is 9.84 Å². The number of benzene rings is 1. The van der Waals surface area contributed by atoms with Gasteiger partial charge in [0.1, 0.15) is 0 Å². The maximum absolute atomic E-state index is 12.5. The Morgan fingerprint density at radius 1 is 1.21 bits per heavy atom. The minimum atomic E-state index is -3.50. The molecule has 19 heavy (non-hydrogen) atoms. The number of hydrogen-bond donors (Lipinski definition) is 0. The predicted octanol–water partition coefficient (Wildman–Crippen LogP) is 1.97. The highest BCUT2D eigenvalue weighted by Crippen LogP contribution is 2.58. The Morgan fingerprint density at radius 2 is 1.74 bits per heavy atom. The van der Waals surface area contributed by atoms with E-state index in [1.54, 1.807) is 38.1 Å². The first-order chi connectivity index (χ1) is 8.72. The first-order valence-corrected chi connectivity index (χ1v) is 7.66. The number of methoxy groups -OCH3 is 1. The van der Waals surface area contributed by atoms with E-state index in [2.05, 4.69) is 4.74 Å². The van der Waals surface area contributed by atoms with E-state index in [1.807, 2.05) is 6.92 Å². The van der Waals surface area contributed by atoms with Crippen LogP contribution in [0.15, 0.2) is 29.2 Å². The van der Waals surface area contributed by atoms with Gasteiger partial charge in [0, 0.05) is 0 Å². The third-order valence-electron chi connectivity index (χ3n) is 3.87. The van der Waals surface area contributed by atoms with Crippen molar-refractivity contribution in [2.45, 2.75) is 30.9 Å². The van der Waals surface area contributed by atoms with Crippen molar-refractivity contribution in [3.8, 4) is 0 Å². The summed E-state index contributed by atoms with van der Waals surface area (Å²) in [5, 5.41) is -0.699. The van der Waals surface area contributed by atoms with Gasteiger partial charge in [-0.25, -0.2) is 8.42 Å². The second kappa shape index (κ2) is 4.34. The fourth-order valence-electron chi connectivity index (χ4n) is 2.60. The summed E-state index contributed by atoms with van der Waals surface area (Å²) < 4.78 is 29.8. The Bertz CT molecular complexity index is 599. The van der Waals surface area contributed by atoms with Crippen LogP contribution in [-0.2, 0) is 19.4 Å². The van der Waals surface area contributed by atoms with Crippen molar-refractivity contribution >= 4 is 15.8 Å². The van der Waals surface area contributed by atoms with Crippen molar-refractivity contribution in [1.29, 1.82) is 0 Å². The first kappa shape index (κ1) is 14.1. The van der Waals surface area contributed by atoms with E-state index in [9.17, 15) is 13.2 Å². The molecule has 0 heterocycles. The van der Waals surface area contributed by atoms with Gasteiger partial charge in [-0.2, -0.15) is 0 Å². The second-order valence-corrected chi connectivity index (χ2v) is 7.67. The van der Waals surface area contributed by atoms with Gasteiger partial charge in [-0.05, 0) is 24.5 Å². The smallest absolute Gasteiger partial charge is 0.310 e. The lowest BCUT2D eigenvalue weighted by Crippen LogP contribution is -2.15. The van der Waals surface area contributed by atoms with E-state index < -0.39 is 32.4 Å². The number of rotatable bonds is 3. The van der Waals surface area contributed by atoms with Crippen molar-refractivity contribution in [3.63, 3.8) is 0 Å². The third-order valence-corrected chi connectivity index (χ3v) is 6.34. The average molecular weight is 282 g/mol. The van der Waals surface area contributed by atoms with Crippen molar-refractivity contribution in [1.82, 2.24) is 0 Å². The normalized spacial score (nSPS) is 24.8. The van der Waals surface area contributed by atoms with Crippen LogP contribution in [0.3, 0.4) is 0 Å². The van der Waals surface area contributed by atoms with E-state index >= 15 is 0 Å². The molecule has 0 aliphatic heterocycles. The van der Waals surface area contributed by atoms with Gasteiger partial charge in [-0.1, -0.05) is 31.5 Å². The molecule has 2 rings (SSSR count). The Morgan fingerprint density at radius 3 is 2.21 bits per heavy atom. The summed E-state index contributed by atoms with van der Waals surface area (Å²) in [5.74, 6) is -1.03. The number of ether oxygens (including phenoxy) is 1. The second-order valence-electron chi connectivity index (χ2n) is 5.60. The molecule has 0 saturated heterocycles. The summed E-state index contributed by atoms with van der Waals surface area (Å²) in [7, 11) is -2.21. The van der Waals surface area contributed by atoms with Crippen molar-refractivity contribution < 1.29 is 17.9 Å². The Hall–Kier alpha value is -1.36. The summed E-state index contributed by atoms with van der Waals surface area (Å²) in [6.45, 7) is 5.46. The molecule has 1 aromatic rings. The van der Waals surface area contributed by atoms with Gasteiger partial charge in [0.25, 0.3) is 0 Å². The van der Waals surface area contributed by atoms with Crippen LogP contribution in [0.4, 0.5) is 0 Å². The molecule has 2 atom stereocenters. The summed E-state index contributed by atoms with van der Waals surface area (Å²) in [6.07, 6.45) is 0. The molecule has 1 fully saturated rings. The number of hydrogen-bond acceptors (Lipinski definition) is 4. The van der Waals surface area contributed by atoms with E-state index in [4.69, 9.17) is 0 Å². The van der Waals surface area contributed by atoms with Crippen molar-refractivity contribution in [2.75, 3.05) is 7.11 Å². The van der Waals surface area contributed by atoms with Crippen molar-refractivity contribution in [2.24, 2.45) is 11.3 Å². The fraction of sp³-hybridized carbons (Fsp3) is 0.500. The first-order valence-electron chi connectivity index (χ1n) is 6.11. The summed E-state index contributed by atoms with van der Waals surface area (Å²) in [5.41, 5.74) is 0.426. The highest BCUT2D eigenvalue weighted by molar-refractivity contribution is 7.92. The molecule has 0 spiro atoms. The molecule has 4 nitrogen and oxygen atoms in total. The van der Waals surface area contributed by atoms with Crippen molar-refractivity contribution in [3.05, 3.63) is 29.8 Å². The zero-order chi connectivity index (χ0) is 14.4. The summed E-state index contributed by atoms with van der Waals surface area (Å²) >= 11 is 0. The van der Waals surface area contributed by atoms with Crippen LogP contribution in [-0.4, -0.2) is 26.7 Å².